The summed E-state index contributed by atoms with van der Waals surface area (Å²) in [5.41, 5.74) is 2.72. The lowest BCUT2D eigenvalue weighted by Gasteiger charge is -2.37. The first-order valence-corrected chi connectivity index (χ1v) is 13.2. The lowest BCUT2D eigenvalue weighted by molar-refractivity contribution is 0.0731. The Balaban J connectivity index is 1.72. The molecule has 9 heteroatoms. The number of hydrogen-bond acceptors (Lipinski definition) is 7. The molecule has 4 rings (SSSR count). The number of likely N-dealkylation sites (N-methyl/N-ethyl adjacent to an activating group) is 1. The highest BCUT2D eigenvalue weighted by molar-refractivity contribution is 7.89. The fourth-order valence-electron chi connectivity index (χ4n) is 4.31. The molecule has 0 spiro atoms. The molecule has 0 aliphatic carbocycles. The summed E-state index contributed by atoms with van der Waals surface area (Å²) in [7, 11) is -1.87. The molecule has 0 bridgehead atoms. The predicted molar refractivity (Wildman–Crippen MR) is 134 cm³/mol. The van der Waals surface area contributed by atoms with Crippen molar-refractivity contribution in [2.75, 3.05) is 26.7 Å². The van der Waals surface area contributed by atoms with E-state index in [0.29, 0.717) is 18.8 Å². The van der Waals surface area contributed by atoms with Gasteiger partial charge in [-0.25, -0.2) is 8.42 Å². The minimum atomic E-state index is -3.87. The number of rotatable bonds is 7. The van der Waals surface area contributed by atoms with E-state index < -0.39 is 16.1 Å². The summed E-state index contributed by atoms with van der Waals surface area (Å²) in [6, 6.07) is 14.2. The van der Waals surface area contributed by atoms with Crippen molar-refractivity contribution in [3.8, 4) is 16.9 Å². The zero-order chi connectivity index (χ0) is 25.0. The van der Waals surface area contributed by atoms with Crippen molar-refractivity contribution in [3.63, 3.8) is 0 Å². The van der Waals surface area contributed by atoms with Gasteiger partial charge in [-0.05, 0) is 61.5 Å². The van der Waals surface area contributed by atoms with Crippen LogP contribution in [0.1, 0.15) is 19.5 Å². The van der Waals surface area contributed by atoms with E-state index in [1.54, 1.807) is 43.7 Å². The second-order valence-corrected chi connectivity index (χ2v) is 11.0. The van der Waals surface area contributed by atoms with E-state index in [9.17, 15) is 13.5 Å². The summed E-state index contributed by atoms with van der Waals surface area (Å²) in [4.78, 5) is 10.7. The molecule has 35 heavy (non-hydrogen) atoms. The molecule has 1 aliphatic heterocycles. The topological polar surface area (TPSA) is 95.9 Å². The van der Waals surface area contributed by atoms with Gasteiger partial charge in [-0.2, -0.15) is 4.31 Å². The smallest absolute Gasteiger partial charge is 0.247 e. The first-order valence-electron chi connectivity index (χ1n) is 11.7. The number of pyridine rings is 2. The summed E-state index contributed by atoms with van der Waals surface area (Å²) >= 11 is 0. The van der Waals surface area contributed by atoms with Crippen LogP contribution in [0.5, 0.6) is 5.75 Å². The standard InChI is InChI=1S/C26H32N4O4S/c1-19-15-30(20(2)18-31)35(32,33)26-8-7-22(21-9-12-27-13-10-21)14-24(26)34-25(19)17-29(3)16-23-6-4-5-11-28-23/h4-14,19-20,25,31H,15-18H2,1-3H3/t19-,20+,25-/m0/s1. The Hall–Kier alpha value is -2.85. The minimum absolute atomic E-state index is 0.111. The van der Waals surface area contributed by atoms with Crippen molar-refractivity contribution >= 4 is 10.0 Å². The van der Waals surface area contributed by atoms with Crippen molar-refractivity contribution in [1.82, 2.24) is 19.2 Å². The van der Waals surface area contributed by atoms with Crippen molar-refractivity contribution in [2.45, 2.75) is 37.4 Å². The Morgan fingerprint density at radius 2 is 1.91 bits per heavy atom. The molecule has 0 saturated carbocycles. The van der Waals surface area contributed by atoms with Crippen molar-refractivity contribution in [2.24, 2.45) is 5.92 Å². The van der Waals surface area contributed by atoms with Gasteiger partial charge >= 0.3 is 0 Å². The van der Waals surface area contributed by atoms with Crippen LogP contribution in [0.4, 0.5) is 0 Å². The van der Waals surface area contributed by atoms with Crippen LogP contribution in [0.3, 0.4) is 0 Å². The summed E-state index contributed by atoms with van der Waals surface area (Å²) < 4.78 is 35.2. The molecule has 8 nitrogen and oxygen atoms in total. The third-order valence-corrected chi connectivity index (χ3v) is 8.35. The molecule has 1 aliphatic rings. The second kappa shape index (κ2) is 10.8. The number of ether oxygens (including phenoxy) is 1. The van der Waals surface area contributed by atoms with Crippen molar-refractivity contribution < 1.29 is 18.3 Å². The normalized spacial score (nSPS) is 20.9. The lowest BCUT2D eigenvalue weighted by Crippen LogP contribution is -2.49. The minimum Gasteiger partial charge on any atom is -0.487 e. The van der Waals surface area contributed by atoms with Gasteiger partial charge in [-0.15, -0.1) is 0 Å². The Morgan fingerprint density at radius 1 is 1.14 bits per heavy atom. The number of fused-ring (bicyclic) bond motifs is 1. The molecule has 0 saturated heterocycles. The highest BCUT2D eigenvalue weighted by Crippen LogP contribution is 2.36. The van der Waals surface area contributed by atoms with E-state index in [-0.39, 0.29) is 30.1 Å². The van der Waals surface area contributed by atoms with Crippen LogP contribution in [0.25, 0.3) is 11.1 Å². The average Bonchev–Trinajstić information content (AvgIpc) is 2.86. The van der Waals surface area contributed by atoms with Gasteiger partial charge in [-0.1, -0.05) is 19.1 Å². The molecule has 0 unspecified atom stereocenters. The Bertz CT molecular complexity index is 1220. The van der Waals surface area contributed by atoms with Gasteiger partial charge in [0.25, 0.3) is 0 Å². The number of aliphatic hydroxyl groups excluding tert-OH is 1. The quantitative estimate of drug-likeness (QED) is 0.537. The summed E-state index contributed by atoms with van der Waals surface area (Å²) in [6.45, 7) is 4.92. The number of hydrogen-bond donors (Lipinski definition) is 1. The zero-order valence-electron chi connectivity index (χ0n) is 20.3. The van der Waals surface area contributed by atoms with Crippen LogP contribution in [0.2, 0.25) is 0 Å². The van der Waals surface area contributed by atoms with E-state index in [1.807, 2.05) is 44.3 Å². The summed E-state index contributed by atoms with van der Waals surface area (Å²) in [5.74, 6) is 0.194. The van der Waals surface area contributed by atoms with Gasteiger partial charge in [-0.3, -0.25) is 14.9 Å². The largest absolute Gasteiger partial charge is 0.487 e. The molecule has 186 valence electrons. The molecule has 1 N–H and O–H groups in total. The highest BCUT2D eigenvalue weighted by Gasteiger charge is 2.38. The fourth-order valence-corrected chi connectivity index (χ4v) is 6.13. The van der Waals surface area contributed by atoms with E-state index in [1.165, 1.54) is 4.31 Å². The third-order valence-electron chi connectivity index (χ3n) is 6.33. The van der Waals surface area contributed by atoms with Crippen LogP contribution in [0.15, 0.2) is 72.0 Å². The van der Waals surface area contributed by atoms with Crippen molar-refractivity contribution in [3.05, 3.63) is 72.8 Å². The Labute approximate surface area is 207 Å². The molecule has 0 amide bonds. The Morgan fingerprint density at radius 3 is 2.60 bits per heavy atom. The highest BCUT2D eigenvalue weighted by atomic mass is 32.2. The number of benzene rings is 1. The van der Waals surface area contributed by atoms with E-state index >= 15 is 0 Å². The van der Waals surface area contributed by atoms with E-state index in [0.717, 1.165) is 16.8 Å². The number of sulfonamides is 1. The van der Waals surface area contributed by atoms with Gasteiger partial charge in [0.1, 0.15) is 16.7 Å². The van der Waals surface area contributed by atoms with Crippen molar-refractivity contribution in [1.29, 1.82) is 0 Å². The predicted octanol–water partition coefficient (Wildman–Crippen LogP) is 3.04. The van der Waals surface area contributed by atoms with Gasteiger partial charge < -0.3 is 9.84 Å². The summed E-state index contributed by atoms with van der Waals surface area (Å²) in [5, 5.41) is 9.83. The monoisotopic (exact) mass is 496 g/mol. The van der Waals surface area contributed by atoms with Crippen LogP contribution in [-0.4, -0.2) is 71.6 Å². The van der Waals surface area contributed by atoms with Crippen LogP contribution in [-0.2, 0) is 16.6 Å². The maximum Gasteiger partial charge on any atom is 0.247 e. The molecule has 1 aromatic carbocycles. The molecule has 3 aromatic rings. The SMILES string of the molecule is C[C@H](CO)N1C[C@H](C)[C@H](CN(C)Cc2ccccn2)Oc2cc(-c3ccncc3)ccc2S1(=O)=O. The molecular weight excluding hydrogens is 464 g/mol. The van der Waals surface area contributed by atoms with Gasteiger partial charge in [0.15, 0.2) is 0 Å². The lowest BCUT2D eigenvalue weighted by atomic mass is 10.0. The van der Waals surface area contributed by atoms with Gasteiger partial charge in [0, 0.05) is 50.2 Å². The Kier molecular flexibility index (Phi) is 7.81. The summed E-state index contributed by atoms with van der Waals surface area (Å²) in [6.07, 6.45) is 4.89. The molecule has 2 aromatic heterocycles. The third kappa shape index (κ3) is 5.70. The van der Waals surface area contributed by atoms with Gasteiger partial charge in [0.05, 0.1) is 12.3 Å². The van der Waals surface area contributed by atoms with Crippen LogP contribution < -0.4 is 4.74 Å². The maximum absolute atomic E-state index is 13.6. The molecule has 3 heterocycles. The first-order chi connectivity index (χ1) is 16.8. The number of aromatic nitrogens is 2. The number of nitrogens with zero attached hydrogens (tertiary/aromatic N) is 4. The first kappa shape index (κ1) is 25.2. The van der Waals surface area contributed by atoms with Crippen LogP contribution >= 0.6 is 0 Å². The second-order valence-electron chi connectivity index (χ2n) is 9.16. The zero-order valence-corrected chi connectivity index (χ0v) is 21.1. The molecule has 0 fully saturated rings. The number of aliphatic hydroxyl groups is 1. The van der Waals surface area contributed by atoms with Gasteiger partial charge in [0.2, 0.25) is 10.0 Å². The van der Waals surface area contributed by atoms with E-state index in [4.69, 9.17) is 4.74 Å². The molecule has 0 radical (unpaired) electrons. The fraction of sp³-hybridized carbons (Fsp3) is 0.385. The molecular formula is C26H32N4O4S. The van der Waals surface area contributed by atoms with E-state index in [2.05, 4.69) is 14.9 Å². The average molecular weight is 497 g/mol. The maximum atomic E-state index is 13.6. The van der Waals surface area contributed by atoms with Crippen LogP contribution in [0, 0.1) is 5.92 Å². The molecule has 3 atom stereocenters.